The van der Waals surface area contributed by atoms with Crippen molar-refractivity contribution in [3.63, 3.8) is 0 Å². The maximum absolute atomic E-state index is 13.2. The van der Waals surface area contributed by atoms with Crippen molar-refractivity contribution in [2.24, 2.45) is 0 Å². The summed E-state index contributed by atoms with van der Waals surface area (Å²) in [7, 11) is 3.09. The second-order valence-corrected chi connectivity index (χ2v) is 7.71. The Morgan fingerprint density at radius 2 is 1.79 bits per heavy atom. The van der Waals surface area contributed by atoms with Gasteiger partial charge in [-0.05, 0) is 48.4 Å². The van der Waals surface area contributed by atoms with Crippen LogP contribution in [0.15, 0.2) is 72.6 Å². The third kappa shape index (κ3) is 4.05. The number of aliphatic hydroxyl groups is 1. The number of ketones is 1. The van der Waals surface area contributed by atoms with Gasteiger partial charge in [-0.2, -0.15) is 0 Å². The number of aliphatic hydroxyl groups excluding tert-OH is 1. The highest BCUT2D eigenvalue weighted by Crippen LogP contribution is 2.43. The molecule has 4 rings (SSSR count). The zero-order valence-corrected chi connectivity index (χ0v) is 18.6. The number of hydrogen-bond donors (Lipinski definition) is 1. The second kappa shape index (κ2) is 9.16. The molecule has 1 aliphatic heterocycles. The van der Waals surface area contributed by atoms with E-state index in [-0.39, 0.29) is 17.9 Å². The van der Waals surface area contributed by atoms with Gasteiger partial charge in [-0.3, -0.25) is 14.6 Å². The lowest BCUT2D eigenvalue weighted by Gasteiger charge is -2.26. The summed E-state index contributed by atoms with van der Waals surface area (Å²) in [5.74, 6) is -0.520. The van der Waals surface area contributed by atoms with Gasteiger partial charge in [0.25, 0.3) is 11.7 Å². The molecule has 1 atom stereocenters. The van der Waals surface area contributed by atoms with Gasteiger partial charge in [0.15, 0.2) is 0 Å². The van der Waals surface area contributed by atoms with Crippen LogP contribution in [0.4, 0.5) is 0 Å². The quantitative estimate of drug-likeness (QED) is 0.351. The molecule has 0 spiro atoms. The highest BCUT2D eigenvalue weighted by atomic mass is 16.5. The first-order valence-corrected chi connectivity index (χ1v) is 10.4. The Labute approximate surface area is 191 Å². The van der Waals surface area contributed by atoms with E-state index < -0.39 is 17.7 Å². The molecule has 1 aliphatic rings. The molecule has 0 radical (unpaired) electrons. The topological polar surface area (TPSA) is 89.0 Å². The molecule has 3 aromatic rings. The van der Waals surface area contributed by atoms with E-state index in [0.717, 1.165) is 11.1 Å². The lowest BCUT2D eigenvalue weighted by Crippen LogP contribution is -2.29. The molecule has 33 heavy (non-hydrogen) atoms. The Hall–Kier alpha value is -4.13. The molecule has 0 saturated carbocycles. The van der Waals surface area contributed by atoms with Crippen LogP contribution in [0.2, 0.25) is 0 Å². The first-order valence-electron chi connectivity index (χ1n) is 10.4. The lowest BCUT2D eigenvalue weighted by atomic mass is 9.94. The number of carbonyl (C=O) groups is 2. The number of amides is 1. The van der Waals surface area contributed by atoms with E-state index in [1.165, 1.54) is 12.0 Å². The van der Waals surface area contributed by atoms with Crippen LogP contribution >= 0.6 is 0 Å². The summed E-state index contributed by atoms with van der Waals surface area (Å²) in [6.45, 7) is 1.99. The molecule has 0 unspecified atom stereocenters. The minimum Gasteiger partial charge on any atom is -0.507 e. The molecule has 1 amide bonds. The Kier molecular flexibility index (Phi) is 6.13. The number of rotatable bonds is 6. The molecule has 0 aliphatic carbocycles. The number of Topliss-reactive ketones (excluding diaryl/α,β-unsaturated/α-hetero) is 1. The van der Waals surface area contributed by atoms with Gasteiger partial charge in [-0.25, -0.2) is 0 Å². The van der Waals surface area contributed by atoms with Crippen LogP contribution in [0, 0.1) is 6.92 Å². The zero-order chi connectivity index (χ0) is 23.5. The van der Waals surface area contributed by atoms with Crippen LogP contribution in [0.5, 0.6) is 11.5 Å². The molecule has 7 heteroatoms. The number of carbonyl (C=O) groups excluding carboxylic acids is 2. The maximum Gasteiger partial charge on any atom is 0.295 e. The molecule has 1 N–H and O–H groups in total. The summed E-state index contributed by atoms with van der Waals surface area (Å²) in [5, 5.41) is 11.3. The zero-order valence-electron chi connectivity index (χ0n) is 18.6. The largest absolute Gasteiger partial charge is 0.507 e. The van der Waals surface area contributed by atoms with Gasteiger partial charge in [-0.15, -0.1) is 0 Å². The van der Waals surface area contributed by atoms with E-state index in [9.17, 15) is 14.7 Å². The molecule has 1 aromatic heterocycles. The van der Waals surface area contributed by atoms with Gasteiger partial charge < -0.3 is 19.5 Å². The minimum atomic E-state index is -0.830. The van der Waals surface area contributed by atoms with E-state index in [1.54, 1.807) is 62.0 Å². The first-order chi connectivity index (χ1) is 16.0. The van der Waals surface area contributed by atoms with Gasteiger partial charge in [0, 0.05) is 30.1 Å². The van der Waals surface area contributed by atoms with Crippen LogP contribution in [0.3, 0.4) is 0 Å². The van der Waals surface area contributed by atoms with Crippen molar-refractivity contribution in [3.8, 4) is 11.5 Å². The average molecular weight is 444 g/mol. The number of para-hydroxylation sites is 1. The normalized spacial score (nSPS) is 17.3. The molecular weight excluding hydrogens is 420 g/mol. The number of benzene rings is 2. The van der Waals surface area contributed by atoms with Crippen LogP contribution in [0.25, 0.3) is 5.76 Å². The van der Waals surface area contributed by atoms with Gasteiger partial charge in [-0.1, -0.05) is 24.3 Å². The molecule has 7 nitrogen and oxygen atoms in total. The smallest absolute Gasteiger partial charge is 0.295 e. The molecule has 0 bridgehead atoms. The van der Waals surface area contributed by atoms with Crippen molar-refractivity contribution < 1.29 is 24.2 Å². The van der Waals surface area contributed by atoms with E-state index >= 15 is 0 Å². The Morgan fingerprint density at radius 3 is 2.45 bits per heavy atom. The Balaban J connectivity index is 1.90. The highest BCUT2D eigenvalue weighted by molar-refractivity contribution is 6.46. The third-order valence-corrected chi connectivity index (χ3v) is 5.72. The number of hydrogen-bond acceptors (Lipinski definition) is 6. The van der Waals surface area contributed by atoms with Crippen LogP contribution in [-0.4, -0.2) is 40.9 Å². The van der Waals surface area contributed by atoms with Crippen LogP contribution < -0.4 is 9.47 Å². The van der Waals surface area contributed by atoms with Crippen LogP contribution in [0.1, 0.15) is 28.3 Å². The number of nitrogens with zero attached hydrogens (tertiary/aromatic N) is 2. The van der Waals surface area contributed by atoms with Gasteiger partial charge in [0.2, 0.25) is 0 Å². The molecular formula is C26H24N2O5. The van der Waals surface area contributed by atoms with Crippen molar-refractivity contribution in [1.82, 2.24) is 9.88 Å². The summed E-state index contributed by atoms with van der Waals surface area (Å²) in [4.78, 5) is 31.9. The van der Waals surface area contributed by atoms with Crippen LogP contribution in [-0.2, 0) is 16.1 Å². The average Bonchev–Trinajstić information content (AvgIpc) is 3.09. The number of aryl methyl sites for hydroxylation is 1. The van der Waals surface area contributed by atoms with Gasteiger partial charge in [0.05, 0.1) is 25.8 Å². The van der Waals surface area contributed by atoms with E-state index in [4.69, 9.17) is 9.47 Å². The van der Waals surface area contributed by atoms with E-state index in [0.29, 0.717) is 22.6 Å². The van der Waals surface area contributed by atoms with E-state index in [2.05, 4.69) is 4.98 Å². The summed E-state index contributed by atoms with van der Waals surface area (Å²) in [6, 6.07) is 15.0. The summed E-state index contributed by atoms with van der Waals surface area (Å²) in [6.07, 6.45) is 3.28. The molecule has 2 aromatic carbocycles. The number of aromatic nitrogens is 1. The predicted molar refractivity (Wildman–Crippen MR) is 123 cm³/mol. The standard InChI is InChI=1S/C26H24N2O5/c1-16-13-18(10-11-20(16)32-2)24(29)22-23(19-8-4-5-9-21(19)33-3)28(26(31)25(22)30)15-17-7-6-12-27-14-17/h4-14,23,29H,15H2,1-3H3/b24-22+/t23-/m1/s1. The first kappa shape index (κ1) is 22.1. The van der Waals surface area contributed by atoms with Crippen molar-refractivity contribution in [1.29, 1.82) is 0 Å². The van der Waals surface area contributed by atoms with E-state index in [1.807, 2.05) is 19.1 Å². The number of ether oxygens (including phenoxy) is 2. The SMILES string of the molecule is COc1ccc(/C(O)=C2\C(=O)C(=O)N(Cc3cccnc3)[C@@H]2c2ccccc2OC)cc1C. The van der Waals surface area contributed by atoms with Gasteiger partial charge >= 0.3 is 0 Å². The summed E-state index contributed by atoms with van der Waals surface area (Å²) >= 11 is 0. The fourth-order valence-electron chi connectivity index (χ4n) is 4.13. The second-order valence-electron chi connectivity index (χ2n) is 7.71. The summed E-state index contributed by atoms with van der Waals surface area (Å²) < 4.78 is 10.8. The maximum atomic E-state index is 13.2. The molecule has 1 saturated heterocycles. The van der Waals surface area contributed by atoms with Crippen molar-refractivity contribution in [2.45, 2.75) is 19.5 Å². The molecule has 2 heterocycles. The minimum absolute atomic E-state index is 0.0120. The Bertz CT molecular complexity index is 1240. The van der Waals surface area contributed by atoms with Gasteiger partial charge in [0.1, 0.15) is 17.3 Å². The number of pyridine rings is 1. The van der Waals surface area contributed by atoms with Crippen molar-refractivity contribution in [2.75, 3.05) is 14.2 Å². The lowest BCUT2D eigenvalue weighted by molar-refractivity contribution is -0.140. The molecule has 1 fully saturated rings. The molecule has 168 valence electrons. The fraction of sp³-hybridized carbons (Fsp3) is 0.192. The monoisotopic (exact) mass is 444 g/mol. The predicted octanol–water partition coefficient (Wildman–Crippen LogP) is 4.03. The summed E-state index contributed by atoms with van der Waals surface area (Å²) in [5.41, 5.74) is 2.60. The van der Waals surface area contributed by atoms with Crippen molar-refractivity contribution >= 4 is 17.4 Å². The third-order valence-electron chi connectivity index (χ3n) is 5.72. The Morgan fingerprint density at radius 1 is 1.03 bits per heavy atom. The number of methoxy groups -OCH3 is 2. The fourth-order valence-corrected chi connectivity index (χ4v) is 4.13. The van der Waals surface area contributed by atoms with Crippen molar-refractivity contribution in [3.05, 3.63) is 94.8 Å². The highest BCUT2D eigenvalue weighted by Gasteiger charge is 2.47. The number of likely N-dealkylation sites (tertiary alicyclic amines) is 1.